The zero-order valence-electron chi connectivity index (χ0n) is 4.35. The number of nitrogens with two attached hydrogens (primary N) is 1. The maximum Gasteiger partial charge on any atom is 0.107 e. The van der Waals surface area contributed by atoms with Crippen molar-refractivity contribution in [3.05, 3.63) is 0 Å². The second-order valence-electron chi connectivity index (χ2n) is 2.06. The second kappa shape index (κ2) is 1.43. The van der Waals surface area contributed by atoms with Gasteiger partial charge in [-0.25, -0.2) is 0 Å². The summed E-state index contributed by atoms with van der Waals surface area (Å²) >= 11 is 4.65. The van der Waals surface area contributed by atoms with E-state index in [4.69, 9.17) is 11.0 Å². The molecule has 0 spiro atoms. The highest BCUT2D eigenvalue weighted by Gasteiger charge is 2.46. The highest BCUT2D eigenvalue weighted by molar-refractivity contribution is 7.80. The molecule has 0 unspecified atom stereocenters. The summed E-state index contributed by atoms with van der Waals surface area (Å²) < 4.78 is 0. The largest absolute Gasteiger partial charge is 0.392 e. The Balaban J connectivity index is 2.71. The summed E-state index contributed by atoms with van der Waals surface area (Å²) in [5, 5.41) is 8.41. The average molecular weight is 126 g/mol. The fourth-order valence-corrected chi connectivity index (χ4v) is 0.788. The van der Waals surface area contributed by atoms with Crippen LogP contribution in [0.2, 0.25) is 0 Å². The first-order valence-corrected chi connectivity index (χ1v) is 2.83. The van der Waals surface area contributed by atoms with Crippen LogP contribution in [0.25, 0.3) is 0 Å². The van der Waals surface area contributed by atoms with Gasteiger partial charge in [0.1, 0.15) is 5.41 Å². The van der Waals surface area contributed by atoms with Gasteiger partial charge in [-0.15, -0.1) is 0 Å². The van der Waals surface area contributed by atoms with Gasteiger partial charge in [-0.1, -0.05) is 12.2 Å². The van der Waals surface area contributed by atoms with Gasteiger partial charge in [0, 0.05) is 0 Å². The molecular weight excluding hydrogens is 120 g/mol. The number of hydrogen-bond donors (Lipinski definition) is 1. The van der Waals surface area contributed by atoms with Crippen LogP contribution < -0.4 is 5.73 Å². The van der Waals surface area contributed by atoms with Crippen LogP contribution in [0.15, 0.2) is 0 Å². The van der Waals surface area contributed by atoms with Gasteiger partial charge < -0.3 is 5.73 Å². The maximum atomic E-state index is 8.41. The number of nitrogens with zero attached hydrogens (tertiary/aromatic N) is 1. The summed E-state index contributed by atoms with van der Waals surface area (Å²) in [7, 11) is 0. The normalized spacial score (nSPS) is 21.4. The Morgan fingerprint density at radius 1 is 1.75 bits per heavy atom. The highest BCUT2D eigenvalue weighted by atomic mass is 32.1. The van der Waals surface area contributed by atoms with Crippen molar-refractivity contribution in [1.82, 2.24) is 0 Å². The van der Waals surface area contributed by atoms with Crippen LogP contribution in [0.3, 0.4) is 0 Å². The molecule has 1 aliphatic rings. The van der Waals surface area contributed by atoms with Crippen molar-refractivity contribution in [1.29, 1.82) is 5.26 Å². The van der Waals surface area contributed by atoms with E-state index in [1.807, 2.05) is 0 Å². The third kappa shape index (κ3) is 0.577. The summed E-state index contributed by atoms with van der Waals surface area (Å²) in [6.07, 6.45) is 1.72. The lowest BCUT2D eigenvalue weighted by Crippen LogP contribution is -2.20. The molecule has 1 aliphatic carbocycles. The molecule has 0 atom stereocenters. The lowest BCUT2D eigenvalue weighted by Gasteiger charge is -1.97. The average Bonchev–Trinajstić information content (AvgIpc) is 2.44. The zero-order chi connectivity index (χ0) is 6.20. The van der Waals surface area contributed by atoms with E-state index in [2.05, 4.69) is 18.3 Å². The molecule has 0 aromatic heterocycles. The Bertz CT molecular complexity index is 164. The Kier molecular flexibility index (Phi) is 0.983. The fraction of sp³-hybridized carbons (Fsp3) is 0.600. The van der Waals surface area contributed by atoms with Gasteiger partial charge in [0.05, 0.1) is 11.1 Å². The van der Waals surface area contributed by atoms with Crippen molar-refractivity contribution in [2.24, 2.45) is 11.1 Å². The van der Waals surface area contributed by atoms with Crippen LogP contribution in [0.1, 0.15) is 12.8 Å². The van der Waals surface area contributed by atoms with E-state index >= 15 is 0 Å². The zero-order valence-corrected chi connectivity index (χ0v) is 5.16. The van der Waals surface area contributed by atoms with Gasteiger partial charge in [-0.2, -0.15) is 5.26 Å². The lowest BCUT2D eigenvalue weighted by atomic mass is 10.1. The molecule has 2 nitrogen and oxygen atoms in total. The van der Waals surface area contributed by atoms with E-state index in [-0.39, 0.29) is 0 Å². The van der Waals surface area contributed by atoms with E-state index in [0.717, 1.165) is 12.8 Å². The summed E-state index contributed by atoms with van der Waals surface area (Å²) in [6.45, 7) is 0. The van der Waals surface area contributed by atoms with E-state index in [1.54, 1.807) is 0 Å². The molecule has 0 aliphatic heterocycles. The van der Waals surface area contributed by atoms with Crippen LogP contribution in [0, 0.1) is 16.7 Å². The quantitative estimate of drug-likeness (QED) is 0.523. The first-order chi connectivity index (χ1) is 3.71. The van der Waals surface area contributed by atoms with Crippen LogP contribution in [-0.2, 0) is 0 Å². The predicted molar refractivity (Wildman–Crippen MR) is 34.1 cm³/mol. The Hall–Kier alpha value is -0.620. The molecule has 0 heterocycles. The van der Waals surface area contributed by atoms with Gasteiger partial charge in [0.15, 0.2) is 0 Å². The molecular formula is C5H6N2S. The third-order valence-corrected chi connectivity index (χ3v) is 1.83. The predicted octanol–water partition coefficient (Wildman–Crippen LogP) is 0.576. The van der Waals surface area contributed by atoms with Gasteiger partial charge in [0.2, 0.25) is 0 Å². The van der Waals surface area contributed by atoms with Crippen molar-refractivity contribution in [3.63, 3.8) is 0 Å². The first kappa shape index (κ1) is 5.52. The Labute approximate surface area is 53.3 Å². The van der Waals surface area contributed by atoms with Crippen LogP contribution in [0.5, 0.6) is 0 Å². The second-order valence-corrected chi connectivity index (χ2v) is 2.50. The molecule has 3 heteroatoms. The minimum atomic E-state index is -0.394. The Morgan fingerprint density at radius 3 is 2.25 bits per heavy atom. The van der Waals surface area contributed by atoms with Gasteiger partial charge in [0.25, 0.3) is 0 Å². The molecule has 0 radical (unpaired) electrons. The SMILES string of the molecule is N#CC1(C(N)=S)CC1. The van der Waals surface area contributed by atoms with Gasteiger partial charge in [-0.3, -0.25) is 0 Å². The van der Waals surface area contributed by atoms with Gasteiger partial charge >= 0.3 is 0 Å². The fourth-order valence-electron chi connectivity index (χ4n) is 0.538. The van der Waals surface area contributed by atoms with Crippen molar-refractivity contribution < 1.29 is 0 Å². The Morgan fingerprint density at radius 2 is 2.25 bits per heavy atom. The maximum absolute atomic E-state index is 8.41. The molecule has 0 aromatic rings. The van der Waals surface area contributed by atoms with E-state index in [1.165, 1.54) is 0 Å². The number of thiocarbonyl (C=S) groups is 1. The van der Waals surface area contributed by atoms with E-state index in [0.29, 0.717) is 4.99 Å². The number of nitriles is 1. The minimum absolute atomic E-state index is 0.361. The lowest BCUT2D eigenvalue weighted by molar-refractivity contribution is 0.945. The molecule has 2 N–H and O–H groups in total. The third-order valence-electron chi connectivity index (χ3n) is 1.44. The molecule has 1 fully saturated rings. The first-order valence-electron chi connectivity index (χ1n) is 2.42. The topological polar surface area (TPSA) is 49.8 Å². The summed E-state index contributed by atoms with van der Waals surface area (Å²) in [6, 6.07) is 2.09. The standard InChI is InChI=1S/C5H6N2S/c6-3-5(1-2-5)4(7)8/h1-2H2,(H2,7,8). The van der Waals surface area contributed by atoms with Crippen molar-refractivity contribution in [2.45, 2.75) is 12.8 Å². The minimum Gasteiger partial charge on any atom is -0.392 e. The number of hydrogen-bond acceptors (Lipinski definition) is 2. The van der Waals surface area contributed by atoms with Gasteiger partial charge in [-0.05, 0) is 12.8 Å². The smallest absolute Gasteiger partial charge is 0.107 e. The molecule has 1 saturated carbocycles. The molecule has 0 saturated heterocycles. The van der Waals surface area contributed by atoms with Crippen molar-refractivity contribution >= 4 is 17.2 Å². The molecule has 0 amide bonds. The number of rotatable bonds is 1. The van der Waals surface area contributed by atoms with Crippen molar-refractivity contribution in [2.75, 3.05) is 0 Å². The molecule has 42 valence electrons. The molecule has 8 heavy (non-hydrogen) atoms. The summed E-state index contributed by atoms with van der Waals surface area (Å²) in [5.41, 5.74) is 4.86. The molecule has 0 aromatic carbocycles. The summed E-state index contributed by atoms with van der Waals surface area (Å²) in [5.74, 6) is 0. The van der Waals surface area contributed by atoms with Crippen LogP contribution >= 0.6 is 12.2 Å². The monoisotopic (exact) mass is 126 g/mol. The van der Waals surface area contributed by atoms with E-state index < -0.39 is 5.41 Å². The summed E-state index contributed by atoms with van der Waals surface area (Å²) in [4.78, 5) is 0.361. The molecule has 0 bridgehead atoms. The van der Waals surface area contributed by atoms with Crippen molar-refractivity contribution in [3.8, 4) is 6.07 Å². The van der Waals surface area contributed by atoms with E-state index in [9.17, 15) is 0 Å². The van der Waals surface area contributed by atoms with Crippen LogP contribution in [0.4, 0.5) is 0 Å². The molecule has 1 rings (SSSR count). The highest BCUT2D eigenvalue weighted by Crippen LogP contribution is 2.44. The van der Waals surface area contributed by atoms with Crippen LogP contribution in [-0.4, -0.2) is 4.99 Å².